The standard InChI is InChI=1S/C10H16BrN3/c1-6-7(12)5-13-9(8(6)11)14-10(2,3)4/h5H,12H2,1-4H3,(H,13,14). The summed E-state index contributed by atoms with van der Waals surface area (Å²) in [5.74, 6) is 0.837. The molecule has 1 rings (SSSR count). The van der Waals surface area contributed by atoms with Crippen molar-refractivity contribution in [3.8, 4) is 0 Å². The van der Waals surface area contributed by atoms with Gasteiger partial charge in [-0.3, -0.25) is 0 Å². The van der Waals surface area contributed by atoms with Crippen LogP contribution in [0, 0.1) is 6.92 Å². The van der Waals surface area contributed by atoms with E-state index in [0.29, 0.717) is 5.69 Å². The molecule has 0 radical (unpaired) electrons. The molecule has 0 aliphatic carbocycles. The van der Waals surface area contributed by atoms with Gasteiger partial charge in [-0.1, -0.05) is 0 Å². The molecule has 1 heterocycles. The summed E-state index contributed by atoms with van der Waals surface area (Å²) in [7, 11) is 0. The summed E-state index contributed by atoms with van der Waals surface area (Å²) in [5, 5.41) is 3.30. The molecule has 0 saturated carbocycles. The summed E-state index contributed by atoms with van der Waals surface area (Å²) in [6, 6.07) is 0. The molecular formula is C10H16BrN3. The van der Waals surface area contributed by atoms with Crippen LogP contribution in [0.25, 0.3) is 0 Å². The van der Waals surface area contributed by atoms with Crippen molar-refractivity contribution in [2.24, 2.45) is 0 Å². The second kappa shape index (κ2) is 3.77. The summed E-state index contributed by atoms with van der Waals surface area (Å²) in [5.41, 5.74) is 7.46. The molecule has 0 fully saturated rings. The Kier molecular flexibility index (Phi) is 3.04. The predicted octanol–water partition coefficient (Wildman–Crippen LogP) is 2.95. The van der Waals surface area contributed by atoms with Crippen molar-refractivity contribution in [2.45, 2.75) is 33.2 Å². The first-order chi connectivity index (χ1) is 6.31. The average Bonchev–Trinajstić information content (AvgIpc) is 2.04. The summed E-state index contributed by atoms with van der Waals surface area (Å²) >= 11 is 3.48. The molecule has 0 atom stereocenters. The van der Waals surface area contributed by atoms with Crippen LogP contribution in [0.1, 0.15) is 26.3 Å². The first-order valence-electron chi connectivity index (χ1n) is 4.50. The molecule has 4 heteroatoms. The highest BCUT2D eigenvalue weighted by Gasteiger charge is 2.14. The van der Waals surface area contributed by atoms with E-state index in [1.807, 2.05) is 6.92 Å². The third-order valence-corrected chi connectivity index (χ3v) is 2.77. The lowest BCUT2D eigenvalue weighted by Crippen LogP contribution is -2.27. The van der Waals surface area contributed by atoms with E-state index in [-0.39, 0.29) is 5.54 Å². The maximum absolute atomic E-state index is 5.73. The first kappa shape index (κ1) is 11.3. The lowest BCUT2D eigenvalue weighted by molar-refractivity contribution is 0.629. The van der Waals surface area contributed by atoms with Crippen molar-refractivity contribution in [2.75, 3.05) is 11.1 Å². The third kappa shape index (κ3) is 2.61. The van der Waals surface area contributed by atoms with Gasteiger partial charge in [0.1, 0.15) is 5.82 Å². The van der Waals surface area contributed by atoms with Crippen molar-refractivity contribution >= 4 is 27.4 Å². The zero-order chi connectivity index (χ0) is 10.9. The minimum absolute atomic E-state index is 0.00191. The molecule has 0 bridgehead atoms. The molecule has 0 aliphatic heterocycles. The normalized spacial score (nSPS) is 11.5. The molecular weight excluding hydrogens is 242 g/mol. The second-order valence-corrected chi connectivity index (χ2v) is 5.17. The first-order valence-corrected chi connectivity index (χ1v) is 5.29. The molecule has 0 spiro atoms. The number of nitrogens with two attached hydrogens (primary N) is 1. The molecule has 3 nitrogen and oxygen atoms in total. The summed E-state index contributed by atoms with van der Waals surface area (Å²) in [4.78, 5) is 4.24. The average molecular weight is 258 g/mol. The number of pyridine rings is 1. The SMILES string of the molecule is Cc1c(N)cnc(NC(C)(C)C)c1Br. The van der Waals surface area contributed by atoms with E-state index in [1.54, 1.807) is 6.20 Å². The highest BCUT2D eigenvalue weighted by molar-refractivity contribution is 9.10. The number of rotatable bonds is 1. The lowest BCUT2D eigenvalue weighted by Gasteiger charge is -2.22. The maximum Gasteiger partial charge on any atom is 0.141 e. The Labute approximate surface area is 93.2 Å². The summed E-state index contributed by atoms with van der Waals surface area (Å²) in [6.45, 7) is 8.24. The van der Waals surface area contributed by atoms with E-state index in [1.165, 1.54) is 0 Å². The van der Waals surface area contributed by atoms with E-state index in [9.17, 15) is 0 Å². The molecule has 78 valence electrons. The number of aromatic nitrogens is 1. The fraction of sp³-hybridized carbons (Fsp3) is 0.500. The van der Waals surface area contributed by atoms with E-state index in [4.69, 9.17) is 5.73 Å². The number of hydrogen-bond donors (Lipinski definition) is 2. The van der Waals surface area contributed by atoms with Gasteiger partial charge in [-0.15, -0.1) is 0 Å². The number of nitrogen functional groups attached to an aromatic ring is 1. The van der Waals surface area contributed by atoms with Crippen LogP contribution in [0.3, 0.4) is 0 Å². The van der Waals surface area contributed by atoms with Crippen LogP contribution < -0.4 is 11.1 Å². The van der Waals surface area contributed by atoms with E-state index in [2.05, 4.69) is 47.0 Å². The fourth-order valence-corrected chi connectivity index (χ4v) is 1.46. The molecule has 14 heavy (non-hydrogen) atoms. The van der Waals surface area contributed by atoms with Crippen molar-refractivity contribution < 1.29 is 0 Å². The fourth-order valence-electron chi connectivity index (χ4n) is 1.03. The Morgan fingerprint density at radius 2 is 2.00 bits per heavy atom. The number of nitrogens with one attached hydrogen (secondary N) is 1. The molecule has 0 amide bonds. The Balaban J connectivity index is 3.06. The van der Waals surface area contributed by atoms with E-state index in [0.717, 1.165) is 15.9 Å². The number of halogens is 1. The minimum atomic E-state index is -0.00191. The summed E-state index contributed by atoms with van der Waals surface area (Å²) < 4.78 is 0.937. The topological polar surface area (TPSA) is 50.9 Å². The van der Waals surface area contributed by atoms with Crippen LogP contribution in [-0.2, 0) is 0 Å². The maximum atomic E-state index is 5.73. The molecule has 3 N–H and O–H groups in total. The molecule has 0 aromatic carbocycles. The van der Waals surface area contributed by atoms with Gasteiger partial charge in [0.2, 0.25) is 0 Å². The zero-order valence-corrected chi connectivity index (χ0v) is 10.6. The van der Waals surface area contributed by atoms with Gasteiger partial charge in [-0.25, -0.2) is 4.98 Å². The molecule has 1 aromatic heterocycles. The second-order valence-electron chi connectivity index (χ2n) is 4.38. The summed E-state index contributed by atoms with van der Waals surface area (Å²) in [6.07, 6.45) is 1.67. The van der Waals surface area contributed by atoms with Gasteiger partial charge in [0.05, 0.1) is 16.4 Å². The van der Waals surface area contributed by atoms with Crippen LogP contribution in [0.5, 0.6) is 0 Å². The largest absolute Gasteiger partial charge is 0.397 e. The molecule has 1 aromatic rings. The van der Waals surface area contributed by atoms with Crippen molar-refractivity contribution in [1.29, 1.82) is 0 Å². The van der Waals surface area contributed by atoms with E-state index >= 15 is 0 Å². The Bertz CT molecular complexity index is 342. The monoisotopic (exact) mass is 257 g/mol. The van der Waals surface area contributed by atoms with Gasteiger partial charge in [0.25, 0.3) is 0 Å². The number of nitrogens with zero attached hydrogens (tertiary/aromatic N) is 1. The molecule has 0 aliphatic rings. The Hall–Kier alpha value is -0.770. The van der Waals surface area contributed by atoms with Gasteiger partial charge >= 0.3 is 0 Å². The van der Waals surface area contributed by atoms with Crippen molar-refractivity contribution in [3.63, 3.8) is 0 Å². The number of hydrogen-bond acceptors (Lipinski definition) is 3. The smallest absolute Gasteiger partial charge is 0.141 e. The molecule has 0 saturated heterocycles. The quantitative estimate of drug-likeness (QED) is 0.814. The van der Waals surface area contributed by atoms with Crippen LogP contribution in [0.4, 0.5) is 11.5 Å². The Morgan fingerprint density at radius 3 is 2.50 bits per heavy atom. The minimum Gasteiger partial charge on any atom is -0.397 e. The van der Waals surface area contributed by atoms with Gasteiger partial charge in [-0.2, -0.15) is 0 Å². The van der Waals surface area contributed by atoms with Crippen LogP contribution >= 0.6 is 15.9 Å². The van der Waals surface area contributed by atoms with Gasteiger partial charge in [-0.05, 0) is 49.2 Å². The highest BCUT2D eigenvalue weighted by atomic mass is 79.9. The van der Waals surface area contributed by atoms with Gasteiger partial charge in [0.15, 0.2) is 0 Å². The highest BCUT2D eigenvalue weighted by Crippen LogP contribution is 2.29. The van der Waals surface area contributed by atoms with Crippen molar-refractivity contribution in [3.05, 3.63) is 16.2 Å². The van der Waals surface area contributed by atoms with Crippen LogP contribution in [0.2, 0.25) is 0 Å². The van der Waals surface area contributed by atoms with Gasteiger partial charge in [0, 0.05) is 5.54 Å². The van der Waals surface area contributed by atoms with Crippen molar-refractivity contribution in [1.82, 2.24) is 4.98 Å². The number of anilines is 2. The third-order valence-electron chi connectivity index (χ3n) is 1.80. The lowest BCUT2D eigenvalue weighted by atomic mass is 10.1. The zero-order valence-electron chi connectivity index (χ0n) is 8.98. The molecule has 0 unspecified atom stereocenters. The van der Waals surface area contributed by atoms with Gasteiger partial charge < -0.3 is 11.1 Å². The Morgan fingerprint density at radius 1 is 1.43 bits per heavy atom. The van der Waals surface area contributed by atoms with Crippen LogP contribution in [-0.4, -0.2) is 10.5 Å². The van der Waals surface area contributed by atoms with E-state index < -0.39 is 0 Å². The predicted molar refractivity (Wildman–Crippen MR) is 64.5 cm³/mol. The van der Waals surface area contributed by atoms with Crippen LogP contribution in [0.15, 0.2) is 10.7 Å².